The normalized spacial score (nSPS) is 10.6. The van der Waals surface area contributed by atoms with E-state index in [0.29, 0.717) is 22.7 Å². The fourth-order valence-corrected chi connectivity index (χ4v) is 3.59. The molecule has 0 saturated heterocycles. The van der Waals surface area contributed by atoms with E-state index in [9.17, 15) is 13.2 Å². The van der Waals surface area contributed by atoms with Gasteiger partial charge in [-0.15, -0.1) is 0 Å². The van der Waals surface area contributed by atoms with E-state index >= 15 is 0 Å². The molecule has 3 aromatic carbocycles. The van der Waals surface area contributed by atoms with Gasteiger partial charge in [-0.25, -0.2) is 8.42 Å². The van der Waals surface area contributed by atoms with Crippen LogP contribution in [-0.4, -0.2) is 21.4 Å². The van der Waals surface area contributed by atoms with Crippen molar-refractivity contribution in [1.29, 1.82) is 5.26 Å². The molecule has 0 aliphatic heterocycles. The molecule has 2 N–H and O–H groups in total. The first-order valence-electron chi connectivity index (χ1n) is 8.50. The van der Waals surface area contributed by atoms with Gasteiger partial charge in [-0.3, -0.25) is 9.52 Å². The summed E-state index contributed by atoms with van der Waals surface area (Å²) in [5.74, 6) is 0.204. The summed E-state index contributed by atoms with van der Waals surface area (Å²) in [6.07, 6.45) is 0. The molecule has 0 aliphatic rings. The van der Waals surface area contributed by atoms with Crippen LogP contribution in [0.5, 0.6) is 5.75 Å². The average molecular weight is 407 g/mol. The second-order valence-corrected chi connectivity index (χ2v) is 7.69. The van der Waals surface area contributed by atoms with Crippen LogP contribution in [0.1, 0.15) is 15.9 Å². The molecule has 0 saturated carbocycles. The number of hydrogen-bond acceptors (Lipinski definition) is 5. The van der Waals surface area contributed by atoms with Crippen LogP contribution in [0.4, 0.5) is 11.4 Å². The van der Waals surface area contributed by atoms with Gasteiger partial charge in [0.25, 0.3) is 15.9 Å². The van der Waals surface area contributed by atoms with Gasteiger partial charge >= 0.3 is 0 Å². The van der Waals surface area contributed by atoms with Crippen LogP contribution in [-0.2, 0) is 10.0 Å². The molecule has 0 unspecified atom stereocenters. The molecule has 146 valence electrons. The molecule has 7 nitrogen and oxygen atoms in total. The zero-order valence-electron chi connectivity index (χ0n) is 15.4. The number of carbonyl (C=O) groups is 1. The van der Waals surface area contributed by atoms with Gasteiger partial charge in [0.2, 0.25) is 0 Å². The van der Waals surface area contributed by atoms with Gasteiger partial charge in [-0.2, -0.15) is 5.26 Å². The minimum absolute atomic E-state index is 0.0244. The Hall–Kier alpha value is -3.83. The Kier molecular flexibility index (Phi) is 5.81. The Bertz CT molecular complexity index is 1170. The molecule has 8 heteroatoms. The third-order valence-electron chi connectivity index (χ3n) is 4.02. The Balaban J connectivity index is 1.72. The summed E-state index contributed by atoms with van der Waals surface area (Å²) in [5.41, 5.74) is 1.58. The highest BCUT2D eigenvalue weighted by Crippen LogP contribution is 2.20. The zero-order chi connectivity index (χ0) is 20.9. The quantitative estimate of drug-likeness (QED) is 0.649. The molecule has 0 bridgehead atoms. The molecule has 0 radical (unpaired) electrons. The second-order valence-electron chi connectivity index (χ2n) is 6.01. The minimum Gasteiger partial charge on any atom is -0.497 e. The Morgan fingerprint density at radius 3 is 2.28 bits per heavy atom. The van der Waals surface area contributed by atoms with Crippen molar-refractivity contribution in [3.05, 3.63) is 83.9 Å². The molecule has 29 heavy (non-hydrogen) atoms. The Morgan fingerprint density at radius 1 is 0.966 bits per heavy atom. The lowest BCUT2D eigenvalue weighted by molar-refractivity contribution is 0.102. The molecule has 0 atom stereocenters. The molecule has 0 aromatic heterocycles. The van der Waals surface area contributed by atoms with Crippen LogP contribution in [0, 0.1) is 11.3 Å². The van der Waals surface area contributed by atoms with E-state index in [1.807, 2.05) is 6.07 Å². The van der Waals surface area contributed by atoms with Crippen molar-refractivity contribution in [1.82, 2.24) is 0 Å². The van der Waals surface area contributed by atoms with Crippen LogP contribution in [0.15, 0.2) is 77.7 Å². The first-order valence-corrected chi connectivity index (χ1v) is 9.98. The van der Waals surface area contributed by atoms with E-state index in [0.717, 1.165) is 0 Å². The maximum absolute atomic E-state index is 12.5. The minimum atomic E-state index is -3.80. The second kappa shape index (κ2) is 8.46. The van der Waals surface area contributed by atoms with E-state index in [1.54, 1.807) is 48.5 Å². The first-order chi connectivity index (χ1) is 13.9. The van der Waals surface area contributed by atoms with Gasteiger partial charge in [0, 0.05) is 16.9 Å². The average Bonchev–Trinajstić information content (AvgIpc) is 2.74. The van der Waals surface area contributed by atoms with Crippen LogP contribution in [0.3, 0.4) is 0 Å². The van der Waals surface area contributed by atoms with Crippen molar-refractivity contribution in [3.8, 4) is 11.8 Å². The summed E-state index contributed by atoms with van der Waals surface area (Å²) in [6.45, 7) is 0. The monoisotopic (exact) mass is 407 g/mol. The number of hydrogen-bond donors (Lipinski definition) is 2. The molecule has 3 rings (SSSR count). The van der Waals surface area contributed by atoms with Gasteiger partial charge in [0.1, 0.15) is 5.75 Å². The Morgan fingerprint density at radius 2 is 1.66 bits per heavy atom. The number of methoxy groups -OCH3 is 1. The number of nitriles is 1. The molecule has 1 amide bonds. The fraction of sp³-hybridized carbons (Fsp3) is 0.0476. The van der Waals surface area contributed by atoms with Gasteiger partial charge in [0.15, 0.2) is 0 Å². The fourth-order valence-electron chi connectivity index (χ4n) is 2.53. The number of carbonyl (C=O) groups excluding carboxylic acids is 1. The highest BCUT2D eigenvalue weighted by molar-refractivity contribution is 7.92. The van der Waals surface area contributed by atoms with Gasteiger partial charge < -0.3 is 10.1 Å². The number of amides is 1. The summed E-state index contributed by atoms with van der Waals surface area (Å²) in [7, 11) is -2.28. The largest absolute Gasteiger partial charge is 0.497 e. The molecule has 0 fully saturated rings. The SMILES string of the molecule is COc1ccc(NS(=O)(=O)c2ccc(C(=O)Nc3cccc(C#N)c3)cc2)cc1. The zero-order valence-corrected chi connectivity index (χ0v) is 16.2. The molecule has 0 spiro atoms. The summed E-state index contributed by atoms with van der Waals surface area (Å²) in [4.78, 5) is 12.4. The van der Waals surface area contributed by atoms with Crippen molar-refractivity contribution in [3.63, 3.8) is 0 Å². The van der Waals surface area contributed by atoms with Crippen LogP contribution in [0.2, 0.25) is 0 Å². The van der Waals surface area contributed by atoms with Gasteiger partial charge in [0.05, 0.1) is 23.6 Å². The van der Waals surface area contributed by atoms with Crippen LogP contribution >= 0.6 is 0 Å². The number of benzene rings is 3. The van der Waals surface area contributed by atoms with Crippen molar-refractivity contribution in [2.24, 2.45) is 0 Å². The summed E-state index contributed by atoms with van der Waals surface area (Å²) in [5, 5.41) is 11.6. The van der Waals surface area contributed by atoms with Crippen molar-refractivity contribution >= 4 is 27.3 Å². The molecular weight excluding hydrogens is 390 g/mol. The van der Waals surface area contributed by atoms with Crippen LogP contribution < -0.4 is 14.8 Å². The lowest BCUT2D eigenvalue weighted by Gasteiger charge is -2.10. The third kappa shape index (κ3) is 4.91. The third-order valence-corrected chi connectivity index (χ3v) is 5.42. The molecule has 3 aromatic rings. The number of rotatable bonds is 6. The number of anilines is 2. The topological polar surface area (TPSA) is 108 Å². The van der Waals surface area contributed by atoms with E-state index in [2.05, 4.69) is 10.0 Å². The maximum atomic E-state index is 12.5. The maximum Gasteiger partial charge on any atom is 0.261 e. The van der Waals surface area contributed by atoms with Crippen molar-refractivity contribution in [2.45, 2.75) is 4.90 Å². The standard InChI is InChI=1S/C21H17N3O4S/c1-28-19-9-7-17(8-10-19)24-29(26,27)20-11-5-16(6-12-20)21(25)23-18-4-2-3-15(13-18)14-22/h2-13,24H,1H3,(H,23,25). The molecular formula is C21H17N3O4S. The predicted molar refractivity (Wildman–Crippen MR) is 109 cm³/mol. The summed E-state index contributed by atoms with van der Waals surface area (Å²) in [6, 6.07) is 20.5. The highest BCUT2D eigenvalue weighted by Gasteiger charge is 2.15. The smallest absolute Gasteiger partial charge is 0.261 e. The van der Waals surface area contributed by atoms with E-state index in [4.69, 9.17) is 10.00 Å². The van der Waals surface area contributed by atoms with Gasteiger partial charge in [-0.05, 0) is 66.7 Å². The van der Waals surface area contributed by atoms with E-state index < -0.39 is 15.9 Å². The lowest BCUT2D eigenvalue weighted by atomic mass is 10.2. The summed E-state index contributed by atoms with van der Waals surface area (Å²) < 4.78 is 32.6. The number of sulfonamides is 1. The van der Waals surface area contributed by atoms with Crippen molar-refractivity contribution < 1.29 is 17.9 Å². The summed E-state index contributed by atoms with van der Waals surface area (Å²) >= 11 is 0. The Labute approximate surface area is 168 Å². The highest BCUT2D eigenvalue weighted by atomic mass is 32.2. The van der Waals surface area contributed by atoms with E-state index in [1.165, 1.54) is 31.4 Å². The number of nitrogens with one attached hydrogen (secondary N) is 2. The van der Waals surface area contributed by atoms with Crippen molar-refractivity contribution in [2.75, 3.05) is 17.1 Å². The van der Waals surface area contributed by atoms with Gasteiger partial charge in [-0.1, -0.05) is 6.07 Å². The number of ether oxygens (including phenoxy) is 1. The predicted octanol–water partition coefficient (Wildman–Crippen LogP) is 3.62. The first kappa shape index (κ1) is 19.9. The lowest BCUT2D eigenvalue weighted by Crippen LogP contribution is -2.14. The molecule has 0 aliphatic carbocycles. The molecule has 0 heterocycles. The van der Waals surface area contributed by atoms with Crippen LogP contribution in [0.25, 0.3) is 0 Å². The number of nitrogens with zero attached hydrogens (tertiary/aromatic N) is 1. The van der Waals surface area contributed by atoms with E-state index in [-0.39, 0.29) is 10.5 Å².